The van der Waals surface area contributed by atoms with E-state index in [-0.39, 0.29) is 18.6 Å². The molecule has 0 bridgehead atoms. The lowest BCUT2D eigenvalue weighted by Gasteiger charge is -2.34. The van der Waals surface area contributed by atoms with Crippen molar-refractivity contribution in [1.29, 1.82) is 0 Å². The monoisotopic (exact) mass is 146 g/mol. The van der Waals surface area contributed by atoms with E-state index in [0.29, 0.717) is 0 Å². The Morgan fingerprint density at radius 3 is 2.40 bits per heavy atom. The number of aliphatic hydroxyl groups is 2. The summed E-state index contributed by atoms with van der Waals surface area (Å²) in [7, 11) is 0. The van der Waals surface area contributed by atoms with Gasteiger partial charge in [0.05, 0.1) is 18.8 Å². The third kappa shape index (κ3) is 1.31. The van der Waals surface area contributed by atoms with Crippen LogP contribution in [0.2, 0.25) is 0 Å². The average molecular weight is 146 g/mol. The lowest BCUT2D eigenvalue weighted by Crippen LogP contribution is -2.46. The molecule has 1 aliphatic heterocycles. The van der Waals surface area contributed by atoms with E-state index in [2.05, 4.69) is 0 Å². The molecule has 60 valence electrons. The Kier molecular flexibility index (Phi) is 2.28. The van der Waals surface area contributed by atoms with E-state index in [0.717, 1.165) is 0 Å². The van der Waals surface area contributed by atoms with Crippen molar-refractivity contribution < 1.29 is 14.9 Å². The van der Waals surface area contributed by atoms with Crippen molar-refractivity contribution in [2.75, 3.05) is 6.61 Å². The summed E-state index contributed by atoms with van der Waals surface area (Å²) in [4.78, 5) is 0. The molecule has 4 unspecified atom stereocenters. The maximum atomic E-state index is 9.29. The van der Waals surface area contributed by atoms with Crippen LogP contribution in [0.3, 0.4) is 0 Å². The second-order valence-electron chi connectivity index (χ2n) is 2.96. The van der Waals surface area contributed by atoms with Gasteiger partial charge in [-0.25, -0.2) is 0 Å². The first-order chi connectivity index (χ1) is 4.63. The van der Waals surface area contributed by atoms with E-state index >= 15 is 0 Å². The largest absolute Gasteiger partial charge is 0.390 e. The van der Waals surface area contributed by atoms with Crippen molar-refractivity contribution >= 4 is 0 Å². The fourth-order valence-corrected chi connectivity index (χ4v) is 1.13. The Hall–Kier alpha value is -0.120. The van der Waals surface area contributed by atoms with Gasteiger partial charge in [0.25, 0.3) is 0 Å². The van der Waals surface area contributed by atoms with Gasteiger partial charge in [0.2, 0.25) is 0 Å². The van der Waals surface area contributed by atoms with E-state index < -0.39 is 12.2 Å². The number of ether oxygens (including phenoxy) is 1. The Labute approximate surface area is 60.6 Å². The number of hydrogen-bond acceptors (Lipinski definition) is 3. The molecule has 1 aliphatic rings. The summed E-state index contributed by atoms with van der Waals surface area (Å²) in [5.74, 6) is 0.0312. The Morgan fingerprint density at radius 2 is 1.90 bits per heavy atom. The summed E-state index contributed by atoms with van der Waals surface area (Å²) in [5, 5.41) is 18.4. The molecule has 10 heavy (non-hydrogen) atoms. The average Bonchev–Trinajstić information content (AvgIpc) is 1.93. The van der Waals surface area contributed by atoms with E-state index in [4.69, 9.17) is 9.84 Å². The standard InChI is InChI=1S/C7H14O3/c1-4-5(2)10-3-6(8)7(4)9/h4-9H,3H2,1-2H3. The zero-order chi connectivity index (χ0) is 7.72. The zero-order valence-electron chi connectivity index (χ0n) is 6.32. The molecule has 0 spiro atoms. The second-order valence-corrected chi connectivity index (χ2v) is 2.96. The summed E-state index contributed by atoms with van der Waals surface area (Å²) in [6.07, 6.45) is -1.27. The smallest absolute Gasteiger partial charge is 0.104 e. The molecule has 0 radical (unpaired) electrons. The zero-order valence-corrected chi connectivity index (χ0v) is 6.32. The molecule has 1 fully saturated rings. The van der Waals surface area contributed by atoms with Gasteiger partial charge in [0, 0.05) is 5.92 Å². The van der Waals surface area contributed by atoms with Crippen LogP contribution in [0.4, 0.5) is 0 Å². The van der Waals surface area contributed by atoms with Gasteiger partial charge in [-0.2, -0.15) is 0 Å². The molecule has 0 aromatic rings. The highest BCUT2D eigenvalue weighted by atomic mass is 16.5. The predicted molar refractivity (Wildman–Crippen MR) is 36.6 cm³/mol. The van der Waals surface area contributed by atoms with Crippen molar-refractivity contribution in [3.8, 4) is 0 Å². The SMILES string of the molecule is CC1OCC(O)C(O)C1C. The normalized spacial score (nSPS) is 49.2. The maximum absolute atomic E-state index is 9.29. The Bertz CT molecular complexity index is 101. The van der Waals surface area contributed by atoms with Crippen LogP contribution in [-0.2, 0) is 4.74 Å². The number of rotatable bonds is 0. The maximum Gasteiger partial charge on any atom is 0.104 e. The molecule has 2 N–H and O–H groups in total. The first-order valence-electron chi connectivity index (χ1n) is 3.60. The van der Waals surface area contributed by atoms with Crippen LogP contribution in [0.5, 0.6) is 0 Å². The minimum atomic E-state index is -0.703. The fourth-order valence-electron chi connectivity index (χ4n) is 1.13. The van der Waals surface area contributed by atoms with Gasteiger partial charge in [-0.3, -0.25) is 0 Å². The van der Waals surface area contributed by atoms with Crippen LogP contribution in [0.25, 0.3) is 0 Å². The van der Waals surface area contributed by atoms with Gasteiger partial charge in [-0.1, -0.05) is 6.92 Å². The van der Waals surface area contributed by atoms with Crippen LogP contribution in [0.15, 0.2) is 0 Å². The van der Waals surface area contributed by atoms with E-state index in [1.54, 1.807) is 0 Å². The molecule has 0 aromatic carbocycles. The van der Waals surface area contributed by atoms with Gasteiger partial charge >= 0.3 is 0 Å². The molecule has 3 heteroatoms. The molecule has 3 nitrogen and oxygen atoms in total. The van der Waals surface area contributed by atoms with Gasteiger partial charge in [0.15, 0.2) is 0 Å². The first-order valence-corrected chi connectivity index (χ1v) is 3.60. The van der Waals surface area contributed by atoms with Crippen molar-refractivity contribution in [1.82, 2.24) is 0 Å². The fraction of sp³-hybridized carbons (Fsp3) is 1.00. The molecule has 4 atom stereocenters. The predicted octanol–water partition coefficient (Wildman–Crippen LogP) is -0.237. The molecule has 0 aliphatic carbocycles. The third-order valence-electron chi connectivity index (χ3n) is 2.20. The van der Waals surface area contributed by atoms with Crippen molar-refractivity contribution in [2.24, 2.45) is 5.92 Å². The van der Waals surface area contributed by atoms with E-state index in [1.807, 2.05) is 13.8 Å². The molecule has 0 amide bonds. The highest BCUT2D eigenvalue weighted by Gasteiger charge is 2.32. The Morgan fingerprint density at radius 1 is 1.30 bits per heavy atom. The van der Waals surface area contributed by atoms with Crippen LogP contribution < -0.4 is 0 Å². The first kappa shape index (κ1) is 7.98. The van der Waals surface area contributed by atoms with Gasteiger partial charge in [-0.05, 0) is 6.92 Å². The van der Waals surface area contributed by atoms with Crippen molar-refractivity contribution in [3.63, 3.8) is 0 Å². The van der Waals surface area contributed by atoms with Crippen LogP contribution in [0.1, 0.15) is 13.8 Å². The lowest BCUT2D eigenvalue weighted by atomic mass is 9.93. The molecule has 0 aromatic heterocycles. The molecular formula is C7H14O3. The third-order valence-corrected chi connectivity index (χ3v) is 2.20. The highest BCUT2D eigenvalue weighted by Crippen LogP contribution is 2.20. The summed E-state index contributed by atoms with van der Waals surface area (Å²) >= 11 is 0. The molecular weight excluding hydrogens is 132 g/mol. The van der Waals surface area contributed by atoms with Crippen molar-refractivity contribution in [3.05, 3.63) is 0 Å². The van der Waals surface area contributed by atoms with Gasteiger partial charge in [0.1, 0.15) is 6.10 Å². The van der Waals surface area contributed by atoms with Gasteiger partial charge < -0.3 is 14.9 Å². The number of aliphatic hydroxyl groups excluding tert-OH is 2. The van der Waals surface area contributed by atoms with E-state index in [9.17, 15) is 5.11 Å². The molecule has 0 saturated carbocycles. The van der Waals surface area contributed by atoms with Crippen LogP contribution in [-0.4, -0.2) is 35.1 Å². The second kappa shape index (κ2) is 2.86. The summed E-state index contributed by atoms with van der Waals surface area (Å²) < 4.78 is 5.16. The highest BCUT2D eigenvalue weighted by molar-refractivity contribution is 4.81. The minimum absolute atomic E-state index is 0.0312. The number of hydrogen-bond donors (Lipinski definition) is 2. The van der Waals surface area contributed by atoms with Crippen LogP contribution in [0, 0.1) is 5.92 Å². The summed E-state index contributed by atoms with van der Waals surface area (Å²) in [5.41, 5.74) is 0. The minimum Gasteiger partial charge on any atom is -0.390 e. The van der Waals surface area contributed by atoms with E-state index in [1.165, 1.54) is 0 Å². The Balaban J connectivity index is 2.52. The quantitative estimate of drug-likeness (QED) is 0.496. The van der Waals surface area contributed by atoms with Gasteiger partial charge in [-0.15, -0.1) is 0 Å². The molecule has 1 saturated heterocycles. The molecule has 1 rings (SSSR count). The lowest BCUT2D eigenvalue weighted by molar-refractivity contribution is -0.147. The molecule has 1 heterocycles. The topological polar surface area (TPSA) is 49.7 Å². The summed E-state index contributed by atoms with van der Waals surface area (Å²) in [6.45, 7) is 4.03. The van der Waals surface area contributed by atoms with Crippen molar-refractivity contribution in [2.45, 2.75) is 32.2 Å². The van der Waals surface area contributed by atoms with Crippen LogP contribution >= 0.6 is 0 Å². The summed E-state index contributed by atoms with van der Waals surface area (Å²) in [6, 6.07) is 0.